The Kier molecular flexibility index (Phi) is 4.05. The van der Waals surface area contributed by atoms with E-state index in [0.717, 1.165) is 17.6 Å². The van der Waals surface area contributed by atoms with Gasteiger partial charge in [-0.05, 0) is 42.2 Å². The number of carbonyl (C=O) groups is 1. The quantitative estimate of drug-likeness (QED) is 0.571. The molecule has 0 aromatic heterocycles. The van der Waals surface area contributed by atoms with Gasteiger partial charge in [0.1, 0.15) is 6.29 Å². The highest BCUT2D eigenvalue weighted by Gasteiger charge is 2.19. The Hall–Kier alpha value is -0.760. The molecule has 0 heterocycles. The Balaban J connectivity index is 2.30. The van der Waals surface area contributed by atoms with Crippen molar-refractivity contribution in [3.63, 3.8) is 0 Å². The number of rotatable bonds is 4. The molecule has 16 heavy (non-hydrogen) atoms. The molecule has 86 valence electrons. The Morgan fingerprint density at radius 2 is 2.12 bits per heavy atom. The van der Waals surface area contributed by atoms with Crippen LogP contribution in [0.1, 0.15) is 54.4 Å². The largest absolute Gasteiger partial charge is 0.298 e. The van der Waals surface area contributed by atoms with E-state index in [1.807, 2.05) is 17.8 Å². The van der Waals surface area contributed by atoms with Gasteiger partial charge < -0.3 is 0 Å². The van der Waals surface area contributed by atoms with Crippen LogP contribution in [0.3, 0.4) is 0 Å². The van der Waals surface area contributed by atoms with Gasteiger partial charge in [-0.2, -0.15) is 0 Å². The van der Waals surface area contributed by atoms with E-state index in [-0.39, 0.29) is 0 Å². The first-order chi connectivity index (χ1) is 7.85. The molecular formula is C14H18OS. The molecule has 1 aromatic rings. The van der Waals surface area contributed by atoms with Crippen LogP contribution < -0.4 is 0 Å². The minimum atomic E-state index is 0.623. The first-order valence-corrected chi connectivity index (χ1v) is 7.05. The second-order valence-corrected chi connectivity index (χ2v) is 5.66. The second kappa shape index (κ2) is 5.53. The highest BCUT2D eigenvalue weighted by molar-refractivity contribution is 7.99. The van der Waals surface area contributed by atoms with E-state index in [2.05, 4.69) is 19.1 Å². The molecule has 0 unspecified atom stereocenters. The van der Waals surface area contributed by atoms with Crippen molar-refractivity contribution >= 4 is 18.0 Å². The normalized spacial score (nSPS) is 16.6. The summed E-state index contributed by atoms with van der Waals surface area (Å²) in [5.41, 5.74) is 2.18. The van der Waals surface area contributed by atoms with Gasteiger partial charge in [-0.25, -0.2) is 0 Å². The summed E-state index contributed by atoms with van der Waals surface area (Å²) in [6, 6.07) is 6.28. The molecule has 2 rings (SSSR count). The van der Waals surface area contributed by atoms with Crippen LogP contribution in [0.2, 0.25) is 0 Å². The van der Waals surface area contributed by atoms with E-state index in [9.17, 15) is 4.79 Å². The maximum Gasteiger partial charge on any atom is 0.150 e. The monoisotopic (exact) mass is 234 g/mol. The molecule has 2 heteroatoms. The van der Waals surface area contributed by atoms with E-state index < -0.39 is 0 Å². The van der Waals surface area contributed by atoms with E-state index in [1.54, 1.807) is 0 Å². The summed E-state index contributed by atoms with van der Waals surface area (Å²) in [7, 11) is 0. The minimum absolute atomic E-state index is 0.623. The molecular weight excluding hydrogens is 216 g/mol. The van der Waals surface area contributed by atoms with Crippen LogP contribution in [-0.2, 0) is 0 Å². The van der Waals surface area contributed by atoms with Gasteiger partial charge in [0.05, 0.1) is 0 Å². The molecule has 1 fully saturated rings. The smallest absolute Gasteiger partial charge is 0.150 e. The van der Waals surface area contributed by atoms with Gasteiger partial charge in [-0.3, -0.25) is 4.79 Å². The topological polar surface area (TPSA) is 17.1 Å². The Bertz CT molecular complexity index is 367. The molecule has 0 aliphatic heterocycles. The maximum atomic E-state index is 11.0. The molecule has 0 bridgehead atoms. The molecule has 1 aromatic carbocycles. The van der Waals surface area contributed by atoms with Crippen LogP contribution in [0.15, 0.2) is 23.1 Å². The van der Waals surface area contributed by atoms with Gasteiger partial charge in [0.15, 0.2) is 0 Å². The molecule has 1 aliphatic rings. The van der Waals surface area contributed by atoms with Crippen LogP contribution in [-0.4, -0.2) is 12.0 Å². The number of hydrogen-bond donors (Lipinski definition) is 0. The lowest BCUT2D eigenvalue weighted by molar-refractivity contribution is 0.112. The zero-order valence-corrected chi connectivity index (χ0v) is 10.6. The van der Waals surface area contributed by atoms with Gasteiger partial charge in [0.2, 0.25) is 0 Å². The standard InChI is InChI=1S/C14H18OS/c1-2-16-13-8-7-12(10-15)14(9-13)11-5-3-4-6-11/h7-11H,2-6H2,1H3. The first-order valence-electron chi connectivity index (χ1n) is 6.07. The predicted octanol–water partition coefficient (Wildman–Crippen LogP) is 4.27. The van der Waals surface area contributed by atoms with Crippen molar-refractivity contribution in [3.8, 4) is 0 Å². The zero-order valence-electron chi connectivity index (χ0n) is 9.74. The van der Waals surface area contributed by atoms with Crippen molar-refractivity contribution in [1.82, 2.24) is 0 Å². The number of aldehydes is 1. The Morgan fingerprint density at radius 1 is 1.38 bits per heavy atom. The van der Waals surface area contributed by atoms with Gasteiger partial charge in [-0.1, -0.05) is 25.8 Å². The lowest BCUT2D eigenvalue weighted by Gasteiger charge is -2.13. The van der Waals surface area contributed by atoms with Crippen LogP contribution in [0.5, 0.6) is 0 Å². The average molecular weight is 234 g/mol. The summed E-state index contributed by atoms with van der Waals surface area (Å²) in [5, 5.41) is 0. The summed E-state index contributed by atoms with van der Waals surface area (Å²) in [6.45, 7) is 2.16. The van der Waals surface area contributed by atoms with Crippen molar-refractivity contribution in [3.05, 3.63) is 29.3 Å². The summed E-state index contributed by atoms with van der Waals surface area (Å²) in [5.74, 6) is 1.71. The average Bonchev–Trinajstić information content (AvgIpc) is 2.83. The molecule has 0 spiro atoms. The Labute approximate surface area is 102 Å². The van der Waals surface area contributed by atoms with Crippen molar-refractivity contribution in [2.45, 2.75) is 43.4 Å². The van der Waals surface area contributed by atoms with E-state index in [4.69, 9.17) is 0 Å². The summed E-state index contributed by atoms with van der Waals surface area (Å²) in [6.07, 6.45) is 6.14. The van der Waals surface area contributed by atoms with E-state index >= 15 is 0 Å². The molecule has 1 nitrogen and oxygen atoms in total. The highest BCUT2D eigenvalue weighted by atomic mass is 32.2. The fourth-order valence-electron chi connectivity index (χ4n) is 2.51. The van der Waals surface area contributed by atoms with Crippen LogP contribution in [0.25, 0.3) is 0 Å². The molecule has 0 N–H and O–H groups in total. The second-order valence-electron chi connectivity index (χ2n) is 4.32. The summed E-state index contributed by atoms with van der Waals surface area (Å²) >= 11 is 1.85. The van der Waals surface area contributed by atoms with Crippen molar-refractivity contribution in [1.29, 1.82) is 0 Å². The third-order valence-electron chi connectivity index (χ3n) is 3.29. The number of thioether (sulfide) groups is 1. The lowest BCUT2D eigenvalue weighted by Crippen LogP contribution is -1.98. The van der Waals surface area contributed by atoms with E-state index in [0.29, 0.717) is 5.92 Å². The molecule has 0 amide bonds. The fourth-order valence-corrected chi connectivity index (χ4v) is 3.21. The first kappa shape index (κ1) is 11.7. The zero-order chi connectivity index (χ0) is 11.4. The van der Waals surface area contributed by atoms with Crippen molar-refractivity contribution < 1.29 is 4.79 Å². The van der Waals surface area contributed by atoms with Gasteiger partial charge in [-0.15, -0.1) is 11.8 Å². The van der Waals surface area contributed by atoms with Crippen molar-refractivity contribution in [2.75, 3.05) is 5.75 Å². The maximum absolute atomic E-state index is 11.0. The van der Waals surface area contributed by atoms with E-state index in [1.165, 1.54) is 36.1 Å². The third kappa shape index (κ3) is 2.49. The SMILES string of the molecule is CCSc1ccc(C=O)c(C2CCCC2)c1. The van der Waals surface area contributed by atoms with Gasteiger partial charge >= 0.3 is 0 Å². The van der Waals surface area contributed by atoms with Crippen LogP contribution in [0.4, 0.5) is 0 Å². The number of hydrogen-bond acceptors (Lipinski definition) is 2. The molecule has 0 atom stereocenters. The lowest BCUT2D eigenvalue weighted by atomic mass is 9.93. The van der Waals surface area contributed by atoms with Crippen LogP contribution >= 0.6 is 11.8 Å². The summed E-state index contributed by atoms with van der Waals surface area (Å²) in [4.78, 5) is 12.3. The minimum Gasteiger partial charge on any atom is -0.298 e. The Morgan fingerprint density at radius 3 is 2.75 bits per heavy atom. The molecule has 1 saturated carbocycles. The molecule has 1 aliphatic carbocycles. The number of carbonyl (C=O) groups excluding carboxylic acids is 1. The third-order valence-corrected chi connectivity index (χ3v) is 4.17. The highest BCUT2D eigenvalue weighted by Crippen LogP contribution is 2.37. The van der Waals surface area contributed by atoms with Gasteiger partial charge in [0.25, 0.3) is 0 Å². The van der Waals surface area contributed by atoms with Gasteiger partial charge in [0, 0.05) is 10.5 Å². The predicted molar refractivity (Wildman–Crippen MR) is 69.4 cm³/mol. The molecule has 0 saturated heterocycles. The molecule has 0 radical (unpaired) electrons. The summed E-state index contributed by atoms with van der Waals surface area (Å²) < 4.78 is 0. The fraction of sp³-hybridized carbons (Fsp3) is 0.500. The van der Waals surface area contributed by atoms with Crippen LogP contribution in [0, 0.1) is 0 Å². The van der Waals surface area contributed by atoms with Crippen molar-refractivity contribution in [2.24, 2.45) is 0 Å². The number of benzene rings is 1.